The Morgan fingerprint density at radius 2 is 1.75 bits per heavy atom. The molecule has 102 valence electrons. The molecule has 1 atom stereocenters. The van der Waals surface area contributed by atoms with Crippen LogP contribution in [0, 0.1) is 0 Å². The summed E-state index contributed by atoms with van der Waals surface area (Å²) in [7, 11) is 0. The molecule has 0 amide bonds. The molecule has 0 fully saturated rings. The highest BCUT2D eigenvalue weighted by Crippen LogP contribution is 2.31. The third kappa shape index (κ3) is 2.27. The number of nitrogens with one attached hydrogen (secondary N) is 1. The molecule has 1 aliphatic rings. The van der Waals surface area contributed by atoms with E-state index < -0.39 is 6.23 Å². The highest BCUT2D eigenvalue weighted by Gasteiger charge is 2.30. The van der Waals surface area contributed by atoms with Crippen LogP contribution in [-0.4, -0.2) is 5.97 Å². The Bertz CT molecular complexity index is 632. The van der Waals surface area contributed by atoms with Gasteiger partial charge in [0.1, 0.15) is 0 Å². The van der Waals surface area contributed by atoms with E-state index in [-0.39, 0.29) is 5.97 Å². The lowest BCUT2D eigenvalue weighted by molar-refractivity contribution is 0.0437. The molecule has 3 heteroatoms. The van der Waals surface area contributed by atoms with Gasteiger partial charge in [-0.3, -0.25) is 0 Å². The van der Waals surface area contributed by atoms with Crippen molar-refractivity contribution in [2.24, 2.45) is 0 Å². The number of anilines is 1. The third-order valence-electron chi connectivity index (χ3n) is 3.56. The second kappa shape index (κ2) is 5.00. The summed E-state index contributed by atoms with van der Waals surface area (Å²) in [4.78, 5) is 11.7. The van der Waals surface area contributed by atoms with Gasteiger partial charge in [-0.2, -0.15) is 0 Å². The van der Waals surface area contributed by atoms with Crippen LogP contribution in [0.25, 0.3) is 0 Å². The predicted octanol–water partition coefficient (Wildman–Crippen LogP) is 4.09. The Hall–Kier alpha value is -2.29. The van der Waals surface area contributed by atoms with E-state index in [2.05, 4.69) is 31.3 Å². The topological polar surface area (TPSA) is 38.3 Å². The van der Waals surface area contributed by atoms with E-state index in [4.69, 9.17) is 4.74 Å². The summed E-state index contributed by atoms with van der Waals surface area (Å²) in [5.74, 6) is 0.242. The highest BCUT2D eigenvalue weighted by atomic mass is 16.6. The lowest BCUT2D eigenvalue weighted by Crippen LogP contribution is -2.10. The van der Waals surface area contributed by atoms with E-state index in [1.165, 1.54) is 5.56 Å². The van der Waals surface area contributed by atoms with Gasteiger partial charge in [-0.25, -0.2) is 4.79 Å². The van der Waals surface area contributed by atoms with E-state index >= 15 is 0 Å². The van der Waals surface area contributed by atoms with Crippen LogP contribution in [0.15, 0.2) is 48.5 Å². The molecule has 3 nitrogen and oxygen atoms in total. The van der Waals surface area contributed by atoms with E-state index in [1.807, 2.05) is 30.3 Å². The number of hydrogen-bond acceptors (Lipinski definition) is 3. The monoisotopic (exact) mass is 267 g/mol. The van der Waals surface area contributed by atoms with Crippen LogP contribution in [0.4, 0.5) is 5.69 Å². The lowest BCUT2D eigenvalue weighted by Gasteiger charge is -2.15. The molecule has 3 rings (SSSR count). The molecule has 1 N–H and O–H groups in total. The Morgan fingerprint density at radius 3 is 2.45 bits per heavy atom. The summed E-state index contributed by atoms with van der Waals surface area (Å²) in [6.07, 6.45) is -0.399. The predicted molar refractivity (Wildman–Crippen MR) is 78.8 cm³/mol. The van der Waals surface area contributed by atoms with Crippen molar-refractivity contribution >= 4 is 11.7 Å². The SMILES string of the molecule is CC(C)c1ccc(NC2OC(=O)c3ccccc32)cc1. The molecule has 0 bridgehead atoms. The molecule has 1 aliphatic heterocycles. The van der Waals surface area contributed by atoms with Gasteiger partial charge in [0.05, 0.1) is 5.56 Å². The van der Waals surface area contributed by atoms with Crippen LogP contribution in [0.2, 0.25) is 0 Å². The zero-order valence-corrected chi connectivity index (χ0v) is 11.6. The van der Waals surface area contributed by atoms with E-state index in [0.717, 1.165) is 11.3 Å². The third-order valence-corrected chi connectivity index (χ3v) is 3.56. The molecule has 1 heterocycles. The second-order valence-corrected chi connectivity index (χ2v) is 5.29. The van der Waals surface area contributed by atoms with Gasteiger partial charge < -0.3 is 10.1 Å². The quantitative estimate of drug-likeness (QED) is 0.851. The Morgan fingerprint density at radius 1 is 1.05 bits per heavy atom. The van der Waals surface area contributed by atoms with Crippen molar-refractivity contribution in [1.29, 1.82) is 0 Å². The number of cyclic esters (lactones) is 1. The molecular weight excluding hydrogens is 250 g/mol. The van der Waals surface area contributed by atoms with E-state index in [1.54, 1.807) is 6.07 Å². The number of ether oxygens (including phenoxy) is 1. The van der Waals surface area contributed by atoms with Crippen molar-refractivity contribution in [3.05, 3.63) is 65.2 Å². The summed E-state index contributed by atoms with van der Waals surface area (Å²) in [6, 6.07) is 15.7. The molecule has 0 spiro atoms. The normalized spacial score (nSPS) is 16.9. The maximum absolute atomic E-state index is 11.7. The largest absolute Gasteiger partial charge is 0.434 e. The second-order valence-electron chi connectivity index (χ2n) is 5.29. The minimum atomic E-state index is -0.399. The van der Waals surface area contributed by atoms with Crippen LogP contribution >= 0.6 is 0 Å². The minimum Gasteiger partial charge on any atom is -0.434 e. The zero-order valence-electron chi connectivity index (χ0n) is 11.6. The number of esters is 1. The Kier molecular flexibility index (Phi) is 3.18. The van der Waals surface area contributed by atoms with Crippen LogP contribution in [0.3, 0.4) is 0 Å². The molecule has 2 aromatic rings. The smallest absolute Gasteiger partial charge is 0.340 e. The molecule has 0 aliphatic carbocycles. The van der Waals surface area contributed by atoms with Gasteiger partial charge >= 0.3 is 5.97 Å². The van der Waals surface area contributed by atoms with Gasteiger partial charge in [0.25, 0.3) is 0 Å². The Labute approximate surface area is 118 Å². The fourth-order valence-electron chi connectivity index (χ4n) is 2.37. The van der Waals surface area contributed by atoms with Crippen molar-refractivity contribution < 1.29 is 9.53 Å². The van der Waals surface area contributed by atoms with E-state index in [0.29, 0.717) is 11.5 Å². The van der Waals surface area contributed by atoms with E-state index in [9.17, 15) is 4.79 Å². The summed E-state index contributed by atoms with van der Waals surface area (Å²) >= 11 is 0. The minimum absolute atomic E-state index is 0.267. The highest BCUT2D eigenvalue weighted by molar-refractivity contribution is 5.94. The van der Waals surface area contributed by atoms with Crippen LogP contribution in [-0.2, 0) is 4.74 Å². The number of fused-ring (bicyclic) bond motifs is 1. The first-order valence-electron chi connectivity index (χ1n) is 6.81. The maximum Gasteiger partial charge on any atom is 0.340 e. The first-order valence-corrected chi connectivity index (χ1v) is 6.81. The van der Waals surface area contributed by atoms with Crippen molar-refractivity contribution in [2.45, 2.75) is 26.0 Å². The maximum atomic E-state index is 11.7. The standard InChI is InChI=1S/C17H17NO2/c1-11(2)12-7-9-13(10-8-12)18-16-14-5-3-4-6-15(14)17(19)20-16/h3-11,16,18H,1-2H3. The first kappa shape index (κ1) is 12.7. The zero-order chi connectivity index (χ0) is 14.1. The summed E-state index contributed by atoms with van der Waals surface area (Å²) in [5.41, 5.74) is 3.78. The molecule has 0 aromatic heterocycles. The van der Waals surface area contributed by atoms with Crippen LogP contribution in [0.1, 0.15) is 47.5 Å². The average molecular weight is 267 g/mol. The van der Waals surface area contributed by atoms with Gasteiger partial charge in [0, 0.05) is 11.3 Å². The van der Waals surface area contributed by atoms with Gasteiger partial charge in [0.15, 0.2) is 0 Å². The fourth-order valence-corrected chi connectivity index (χ4v) is 2.37. The summed E-state index contributed by atoms with van der Waals surface area (Å²) in [6.45, 7) is 4.33. The van der Waals surface area contributed by atoms with Crippen molar-refractivity contribution in [3.8, 4) is 0 Å². The molecule has 0 radical (unpaired) electrons. The lowest BCUT2D eigenvalue weighted by atomic mass is 10.0. The van der Waals surface area contributed by atoms with Gasteiger partial charge in [-0.1, -0.05) is 44.2 Å². The number of carbonyl (C=O) groups excluding carboxylic acids is 1. The van der Waals surface area contributed by atoms with Crippen molar-refractivity contribution in [2.75, 3.05) is 5.32 Å². The fraction of sp³-hybridized carbons (Fsp3) is 0.235. The van der Waals surface area contributed by atoms with Gasteiger partial charge in [0.2, 0.25) is 6.23 Å². The molecule has 1 unspecified atom stereocenters. The molecular formula is C17H17NO2. The number of benzene rings is 2. The number of carbonyl (C=O) groups is 1. The van der Waals surface area contributed by atoms with Crippen LogP contribution in [0.5, 0.6) is 0 Å². The summed E-state index contributed by atoms with van der Waals surface area (Å²) < 4.78 is 5.36. The van der Waals surface area contributed by atoms with Crippen LogP contribution < -0.4 is 5.32 Å². The Balaban J connectivity index is 1.81. The van der Waals surface area contributed by atoms with Crippen molar-refractivity contribution in [3.63, 3.8) is 0 Å². The summed E-state index contributed by atoms with van der Waals surface area (Å²) in [5, 5.41) is 3.25. The van der Waals surface area contributed by atoms with Crippen molar-refractivity contribution in [1.82, 2.24) is 0 Å². The number of rotatable bonds is 3. The molecule has 0 saturated heterocycles. The van der Waals surface area contributed by atoms with Gasteiger partial charge in [-0.05, 0) is 29.7 Å². The number of hydrogen-bond donors (Lipinski definition) is 1. The molecule has 0 saturated carbocycles. The first-order chi connectivity index (χ1) is 9.65. The average Bonchev–Trinajstić information content (AvgIpc) is 2.77. The van der Waals surface area contributed by atoms with Gasteiger partial charge in [-0.15, -0.1) is 0 Å². The molecule has 2 aromatic carbocycles. The molecule has 20 heavy (non-hydrogen) atoms.